The molecule has 2 rings (SSSR count). The summed E-state index contributed by atoms with van der Waals surface area (Å²) < 4.78 is 19.0. The lowest BCUT2D eigenvalue weighted by Gasteiger charge is -2.17. The van der Waals surface area contributed by atoms with Crippen LogP contribution in [0.1, 0.15) is 48.9 Å². The van der Waals surface area contributed by atoms with Gasteiger partial charge >= 0.3 is 5.97 Å². The van der Waals surface area contributed by atoms with Gasteiger partial charge in [-0.3, -0.25) is 0 Å². The third-order valence-electron chi connectivity index (χ3n) is 3.22. The summed E-state index contributed by atoms with van der Waals surface area (Å²) in [5.41, 5.74) is -0.0707. The second kappa shape index (κ2) is 5.85. The molecule has 1 aliphatic carbocycles. The van der Waals surface area contributed by atoms with E-state index in [1.807, 2.05) is 0 Å². The lowest BCUT2D eigenvalue weighted by Crippen LogP contribution is -2.15. The summed E-state index contributed by atoms with van der Waals surface area (Å²) in [5, 5.41) is 8.86. The van der Waals surface area contributed by atoms with Crippen LogP contribution in [0.3, 0.4) is 0 Å². The van der Waals surface area contributed by atoms with Crippen molar-refractivity contribution in [3.05, 3.63) is 29.6 Å². The highest BCUT2D eigenvalue weighted by Gasteiger charge is 2.15. The van der Waals surface area contributed by atoms with Crippen molar-refractivity contribution in [3.63, 3.8) is 0 Å². The van der Waals surface area contributed by atoms with E-state index in [0.29, 0.717) is 5.75 Å². The first kappa shape index (κ1) is 12.9. The zero-order valence-corrected chi connectivity index (χ0v) is 10.2. The summed E-state index contributed by atoms with van der Waals surface area (Å²) in [6.45, 7) is 0. The van der Waals surface area contributed by atoms with Gasteiger partial charge in [-0.05, 0) is 37.8 Å². The number of hydrogen-bond acceptors (Lipinski definition) is 2. The molecule has 98 valence electrons. The Kier molecular flexibility index (Phi) is 4.18. The summed E-state index contributed by atoms with van der Waals surface area (Å²) in [4.78, 5) is 10.8. The Balaban J connectivity index is 2.10. The third-order valence-corrected chi connectivity index (χ3v) is 3.22. The molecule has 3 nitrogen and oxygen atoms in total. The van der Waals surface area contributed by atoms with Crippen LogP contribution in [0, 0.1) is 5.82 Å². The fraction of sp³-hybridized carbons (Fsp3) is 0.500. The van der Waals surface area contributed by atoms with Gasteiger partial charge in [0.25, 0.3) is 0 Å². The fourth-order valence-corrected chi connectivity index (χ4v) is 2.31. The highest BCUT2D eigenvalue weighted by molar-refractivity contribution is 5.88. The van der Waals surface area contributed by atoms with Crippen molar-refractivity contribution in [2.45, 2.75) is 44.6 Å². The van der Waals surface area contributed by atoms with Crippen LogP contribution in [0.5, 0.6) is 5.75 Å². The third kappa shape index (κ3) is 3.45. The predicted molar refractivity (Wildman–Crippen MR) is 65.5 cm³/mol. The summed E-state index contributed by atoms with van der Waals surface area (Å²) in [6, 6.07) is 3.63. The van der Waals surface area contributed by atoms with E-state index in [9.17, 15) is 9.18 Å². The highest BCUT2D eigenvalue weighted by atomic mass is 19.1. The fourth-order valence-electron chi connectivity index (χ4n) is 2.31. The molecule has 0 unspecified atom stereocenters. The molecule has 18 heavy (non-hydrogen) atoms. The van der Waals surface area contributed by atoms with Crippen LogP contribution in [0.4, 0.5) is 4.39 Å². The van der Waals surface area contributed by atoms with E-state index in [1.165, 1.54) is 25.0 Å². The first-order valence-corrected chi connectivity index (χ1v) is 6.36. The molecule has 0 spiro atoms. The number of aromatic carboxylic acids is 1. The maximum Gasteiger partial charge on any atom is 0.335 e. The van der Waals surface area contributed by atoms with Crippen LogP contribution >= 0.6 is 0 Å². The Hall–Kier alpha value is -1.58. The number of hydrogen-bond donors (Lipinski definition) is 1. The number of ether oxygens (including phenoxy) is 1. The van der Waals surface area contributed by atoms with Crippen molar-refractivity contribution in [3.8, 4) is 5.75 Å². The molecule has 1 aliphatic rings. The molecule has 0 atom stereocenters. The lowest BCUT2D eigenvalue weighted by atomic mass is 10.1. The molecule has 1 aromatic carbocycles. The topological polar surface area (TPSA) is 46.5 Å². The number of carboxylic acid groups (broad SMARTS) is 1. The largest absolute Gasteiger partial charge is 0.490 e. The zero-order valence-electron chi connectivity index (χ0n) is 10.2. The minimum atomic E-state index is -1.14. The Morgan fingerprint density at radius 3 is 2.44 bits per heavy atom. The minimum absolute atomic E-state index is 0.0707. The van der Waals surface area contributed by atoms with Gasteiger partial charge in [-0.2, -0.15) is 0 Å². The summed E-state index contributed by atoms with van der Waals surface area (Å²) in [6.07, 6.45) is 6.65. The average Bonchev–Trinajstić information content (AvgIpc) is 2.57. The molecule has 4 heteroatoms. The summed E-state index contributed by atoms with van der Waals surface area (Å²) in [5.74, 6) is -1.39. The second-order valence-corrected chi connectivity index (χ2v) is 4.71. The molecule has 0 amide bonds. The maximum atomic E-state index is 13.3. The van der Waals surface area contributed by atoms with Crippen molar-refractivity contribution in [1.29, 1.82) is 0 Å². The molecule has 1 N–H and O–H groups in total. The van der Waals surface area contributed by atoms with Crippen LogP contribution in [0.25, 0.3) is 0 Å². The first-order valence-electron chi connectivity index (χ1n) is 6.36. The predicted octanol–water partition coefficient (Wildman–Crippen LogP) is 3.63. The molecule has 0 heterocycles. The van der Waals surface area contributed by atoms with E-state index < -0.39 is 11.8 Å². The monoisotopic (exact) mass is 252 g/mol. The van der Waals surface area contributed by atoms with E-state index in [0.717, 1.165) is 31.7 Å². The average molecular weight is 252 g/mol. The van der Waals surface area contributed by atoms with E-state index in [2.05, 4.69) is 0 Å². The van der Waals surface area contributed by atoms with Crippen LogP contribution in [0.15, 0.2) is 18.2 Å². The van der Waals surface area contributed by atoms with Crippen molar-refractivity contribution in [2.75, 3.05) is 0 Å². The Morgan fingerprint density at radius 2 is 1.83 bits per heavy atom. The number of carbonyl (C=O) groups is 1. The molecule has 0 bridgehead atoms. The zero-order chi connectivity index (χ0) is 13.0. The summed E-state index contributed by atoms with van der Waals surface area (Å²) >= 11 is 0. The highest BCUT2D eigenvalue weighted by Crippen LogP contribution is 2.24. The van der Waals surface area contributed by atoms with Crippen LogP contribution in [0.2, 0.25) is 0 Å². The molecule has 0 aliphatic heterocycles. The molecular formula is C14H17FO3. The van der Waals surface area contributed by atoms with Crippen molar-refractivity contribution in [2.24, 2.45) is 0 Å². The first-order chi connectivity index (χ1) is 8.65. The molecule has 0 aromatic heterocycles. The molecule has 1 aromatic rings. The van der Waals surface area contributed by atoms with Gasteiger partial charge in [-0.15, -0.1) is 0 Å². The van der Waals surface area contributed by atoms with Gasteiger partial charge in [-0.1, -0.05) is 12.8 Å². The van der Waals surface area contributed by atoms with E-state index in [-0.39, 0.29) is 11.7 Å². The van der Waals surface area contributed by atoms with Gasteiger partial charge in [0.1, 0.15) is 11.6 Å². The minimum Gasteiger partial charge on any atom is -0.490 e. The van der Waals surface area contributed by atoms with E-state index in [4.69, 9.17) is 9.84 Å². The Labute approximate surface area is 106 Å². The molecule has 0 saturated heterocycles. The standard InChI is InChI=1S/C14H17FO3/c15-11-7-10(14(16)17)8-13(9-11)18-12-5-3-1-2-4-6-12/h7-9,12H,1-6H2,(H,16,17). The van der Waals surface area contributed by atoms with Gasteiger partial charge < -0.3 is 9.84 Å². The summed E-state index contributed by atoms with van der Waals surface area (Å²) in [7, 11) is 0. The number of rotatable bonds is 3. The Bertz CT molecular complexity index is 423. The normalized spacial score (nSPS) is 17.2. The van der Waals surface area contributed by atoms with Gasteiger partial charge in [-0.25, -0.2) is 9.18 Å². The van der Waals surface area contributed by atoms with Gasteiger partial charge in [0.05, 0.1) is 11.7 Å². The number of benzene rings is 1. The maximum absolute atomic E-state index is 13.3. The lowest BCUT2D eigenvalue weighted by molar-refractivity contribution is 0.0695. The van der Waals surface area contributed by atoms with Crippen molar-refractivity contribution < 1.29 is 19.0 Å². The Morgan fingerprint density at radius 1 is 1.17 bits per heavy atom. The van der Waals surface area contributed by atoms with Crippen molar-refractivity contribution >= 4 is 5.97 Å². The SMILES string of the molecule is O=C(O)c1cc(F)cc(OC2CCCCCC2)c1. The smallest absolute Gasteiger partial charge is 0.335 e. The number of carboxylic acids is 1. The van der Waals surface area contributed by atoms with Gasteiger partial charge in [0.2, 0.25) is 0 Å². The molecule has 1 saturated carbocycles. The molecular weight excluding hydrogens is 235 g/mol. The molecule has 1 fully saturated rings. The van der Waals surface area contributed by atoms with Crippen LogP contribution < -0.4 is 4.74 Å². The number of halogens is 1. The quantitative estimate of drug-likeness (QED) is 0.836. The van der Waals surface area contributed by atoms with Crippen LogP contribution in [-0.4, -0.2) is 17.2 Å². The molecule has 0 radical (unpaired) electrons. The van der Waals surface area contributed by atoms with E-state index in [1.54, 1.807) is 0 Å². The van der Waals surface area contributed by atoms with Gasteiger partial charge in [0, 0.05) is 6.07 Å². The van der Waals surface area contributed by atoms with E-state index >= 15 is 0 Å². The van der Waals surface area contributed by atoms with Crippen LogP contribution in [-0.2, 0) is 0 Å². The van der Waals surface area contributed by atoms with Crippen molar-refractivity contribution in [1.82, 2.24) is 0 Å². The van der Waals surface area contributed by atoms with Gasteiger partial charge in [0.15, 0.2) is 0 Å². The second-order valence-electron chi connectivity index (χ2n) is 4.71.